The quantitative estimate of drug-likeness (QED) is 0.429. The van der Waals surface area contributed by atoms with E-state index in [1.165, 1.54) is 4.31 Å². The molecule has 0 fully saturated rings. The Morgan fingerprint density at radius 1 is 1.45 bits per heavy atom. The predicted octanol–water partition coefficient (Wildman–Crippen LogP) is 1.88. The van der Waals surface area contributed by atoms with Gasteiger partial charge in [0, 0.05) is 25.3 Å². The summed E-state index contributed by atoms with van der Waals surface area (Å²) in [4.78, 5) is 0. The lowest BCUT2D eigenvalue weighted by molar-refractivity contribution is 0.337. The fraction of sp³-hybridized carbons (Fsp3) is 0.429. The molecule has 5 nitrogen and oxygen atoms in total. The number of nitrogens with two attached hydrogens (primary N) is 1. The molecule has 0 radical (unpaired) electrons. The van der Waals surface area contributed by atoms with Crippen molar-refractivity contribution in [2.75, 3.05) is 31.7 Å². The summed E-state index contributed by atoms with van der Waals surface area (Å²) in [5.41, 5.74) is 6.21. The van der Waals surface area contributed by atoms with Gasteiger partial charge in [0.1, 0.15) is 12.4 Å². The Balaban J connectivity index is 2.41. The molecule has 1 aromatic rings. The van der Waals surface area contributed by atoms with Crippen LogP contribution in [0.4, 0.5) is 5.69 Å². The third-order valence-corrected chi connectivity index (χ3v) is 4.64. The van der Waals surface area contributed by atoms with E-state index in [-0.39, 0.29) is 12.4 Å². The third-order valence-electron chi connectivity index (χ3n) is 2.82. The largest absolute Gasteiger partial charge is 0.492 e. The van der Waals surface area contributed by atoms with Crippen molar-refractivity contribution in [3.63, 3.8) is 0 Å². The van der Waals surface area contributed by atoms with E-state index in [4.69, 9.17) is 10.5 Å². The number of unbranched alkanes of at least 4 members (excludes halogenated alkanes) is 1. The van der Waals surface area contributed by atoms with E-state index in [1.54, 1.807) is 37.4 Å². The average Bonchev–Trinajstić information content (AvgIpc) is 2.38. The van der Waals surface area contributed by atoms with Crippen molar-refractivity contribution in [2.45, 2.75) is 12.8 Å². The number of rotatable bonds is 9. The minimum absolute atomic E-state index is 0.0492. The molecule has 1 rings (SSSR count). The van der Waals surface area contributed by atoms with Gasteiger partial charge in [-0.25, -0.2) is 12.7 Å². The molecule has 0 aliphatic heterocycles. The lowest BCUT2D eigenvalue weighted by Crippen LogP contribution is -2.32. The SMILES string of the molecule is C=CCCCN(C)S(=O)(=O)CCOc1cccc(N)c1. The number of allylic oxidation sites excluding steroid dienone is 1. The lowest BCUT2D eigenvalue weighted by atomic mass is 10.3. The number of hydrogen-bond acceptors (Lipinski definition) is 4. The maximum Gasteiger partial charge on any atom is 0.217 e. The van der Waals surface area contributed by atoms with Gasteiger partial charge in [-0.15, -0.1) is 6.58 Å². The summed E-state index contributed by atoms with van der Waals surface area (Å²) in [5.74, 6) is 0.529. The smallest absolute Gasteiger partial charge is 0.217 e. The number of hydrogen-bond donors (Lipinski definition) is 1. The van der Waals surface area contributed by atoms with Crippen LogP contribution in [-0.4, -0.2) is 38.7 Å². The molecule has 0 atom stereocenters. The Kier molecular flexibility index (Phi) is 6.54. The molecule has 0 aliphatic rings. The Morgan fingerprint density at radius 3 is 2.85 bits per heavy atom. The predicted molar refractivity (Wildman–Crippen MR) is 82.2 cm³/mol. The summed E-state index contributed by atoms with van der Waals surface area (Å²) in [6.45, 7) is 4.21. The topological polar surface area (TPSA) is 72.6 Å². The van der Waals surface area contributed by atoms with Crippen LogP contribution in [0.25, 0.3) is 0 Å². The first-order chi connectivity index (χ1) is 9.45. The summed E-state index contributed by atoms with van der Waals surface area (Å²) in [6.07, 6.45) is 3.36. The van der Waals surface area contributed by atoms with Crippen LogP contribution in [0.2, 0.25) is 0 Å². The van der Waals surface area contributed by atoms with Crippen molar-refractivity contribution in [3.8, 4) is 5.75 Å². The summed E-state index contributed by atoms with van der Waals surface area (Å²) in [7, 11) is -1.70. The number of sulfonamides is 1. The third kappa shape index (κ3) is 5.63. The van der Waals surface area contributed by atoms with Crippen molar-refractivity contribution >= 4 is 15.7 Å². The standard InChI is InChI=1S/C14H22N2O3S/c1-3-4-5-9-16(2)20(17,18)11-10-19-14-8-6-7-13(15)12-14/h3,6-8,12H,1,4-5,9-11,15H2,2H3. The number of nitrogen functional groups attached to an aromatic ring is 1. The molecule has 6 heteroatoms. The fourth-order valence-corrected chi connectivity index (χ4v) is 2.64. The van der Waals surface area contributed by atoms with Gasteiger partial charge in [-0.2, -0.15) is 0 Å². The van der Waals surface area contributed by atoms with Crippen LogP contribution in [0.15, 0.2) is 36.9 Å². The van der Waals surface area contributed by atoms with Crippen LogP contribution in [0, 0.1) is 0 Å². The minimum atomic E-state index is -3.28. The highest BCUT2D eigenvalue weighted by atomic mass is 32.2. The van der Waals surface area contributed by atoms with Gasteiger partial charge in [0.2, 0.25) is 10.0 Å². The molecule has 1 aromatic carbocycles. The van der Waals surface area contributed by atoms with Gasteiger partial charge in [-0.05, 0) is 25.0 Å². The average molecular weight is 298 g/mol. The molecular weight excluding hydrogens is 276 g/mol. The molecule has 0 amide bonds. The van der Waals surface area contributed by atoms with Crippen molar-refractivity contribution in [1.82, 2.24) is 4.31 Å². The Morgan fingerprint density at radius 2 is 2.20 bits per heavy atom. The normalized spacial score (nSPS) is 11.5. The van der Waals surface area contributed by atoms with Gasteiger partial charge in [-0.3, -0.25) is 0 Å². The monoisotopic (exact) mass is 298 g/mol. The summed E-state index contributed by atoms with van der Waals surface area (Å²) in [6, 6.07) is 6.93. The first-order valence-corrected chi connectivity index (χ1v) is 8.10. The van der Waals surface area contributed by atoms with E-state index in [1.807, 2.05) is 0 Å². The molecule has 0 spiro atoms. The van der Waals surface area contributed by atoms with Crippen LogP contribution >= 0.6 is 0 Å². The Hall–Kier alpha value is -1.53. The van der Waals surface area contributed by atoms with E-state index in [2.05, 4.69) is 6.58 Å². The number of anilines is 1. The van der Waals surface area contributed by atoms with E-state index >= 15 is 0 Å². The van der Waals surface area contributed by atoms with Gasteiger partial charge in [0.15, 0.2) is 0 Å². The second-order valence-corrected chi connectivity index (χ2v) is 6.68. The molecule has 20 heavy (non-hydrogen) atoms. The van der Waals surface area contributed by atoms with E-state index in [0.717, 1.165) is 12.8 Å². The van der Waals surface area contributed by atoms with Crippen LogP contribution < -0.4 is 10.5 Å². The second kappa shape index (κ2) is 7.91. The Labute approximate surface area is 121 Å². The van der Waals surface area contributed by atoms with Gasteiger partial charge < -0.3 is 10.5 Å². The number of ether oxygens (including phenoxy) is 1. The minimum Gasteiger partial charge on any atom is -0.492 e. The maximum atomic E-state index is 12.0. The highest BCUT2D eigenvalue weighted by molar-refractivity contribution is 7.89. The maximum absolute atomic E-state index is 12.0. The van der Waals surface area contributed by atoms with Crippen molar-refractivity contribution in [2.24, 2.45) is 0 Å². The van der Waals surface area contributed by atoms with E-state index in [0.29, 0.717) is 18.0 Å². The van der Waals surface area contributed by atoms with E-state index in [9.17, 15) is 8.42 Å². The van der Waals surface area contributed by atoms with Crippen molar-refractivity contribution in [1.29, 1.82) is 0 Å². The fourth-order valence-electron chi connectivity index (χ4n) is 1.62. The molecule has 0 unspecified atom stereocenters. The molecule has 0 saturated carbocycles. The molecule has 0 aliphatic carbocycles. The van der Waals surface area contributed by atoms with Crippen LogP contribution in [-0.2, 0) is 10.0 Å². The van der Waals surface area contributed by atoms with Gasteiger partial charge in [0.05, 0.1) is 5.75 Å². The highest BCUT2D eigenvalue weighted by Crippen LogP contribution is 2.14. The molecule has 0 saturated heterocycles. The zero-order valence-corrected chi connectivity index (χ0v) is 12.6. The molecule has 0 heterocycles. The van der Waals surface area contributed by atoms with Crippen LogP contribution in [0.5, 0.6) is 5.75 Å². The highest BCUT2D eigenvalue weighted by Gasteiger charge is 2.17. The second-order valence-electron chi connectivity index (χ2n) is 4.49. The lowest BCUT2D eigenvalue weighted by Gasteiger charge is -2.17. The van der Waals surface area contributed by atoms with Gasteiger partial charge in [0.25, 0.3) is 0 Å². The first kappa shape index (κ1) is 16.5. The zero-order valence-electron chi connectivity index (χ0n) is 11.8. The van der Waals surface area contributed by atoms with Crippen LogP contribution in [0.1, 0.15) is 12.8 Å². The van der Waals surface area contributed by atoms with Crippen LogP contribution in [0.3, 0.4) is 0 Å². The molecule has 2 N–H and O–H groups in total. The molecule has 0 bridgehead atoms. The van der Waals surface area contributed by atoms with Gasteiger partial charge >= 0.3 is 0 Å². The molecule has 0 aromatic heterocycles. The van der Waals surface area contributed by atoms with Crippen molar-refractivity contribution in [3.05, 3.63) is 36.9 Å². The molecular formula is C14H22N2O3S. The zero-order chi connectivity index (χ0) is 15.0. The molecule has 112 valence electrons. The summed E-state index contributed by atoms with van der Waals surface area (Å²) >= 11 is 0. The Bertz CT molecular complexity index is 529. The van der Waals surface area contributed by atoms with E-state index < -0.39 is 10.0 Å². The first-order valence-electron chi connectivity index (χ1n) is 6.49. The summed E-state index contributed by atoms with van der Waals surface area (Å²) in [5, 5.41) is 0. The summed E-state index contributed by atoms with van der Waals surface area (Å²) < 4.78 is 30.7. The van der Waals surface area contributed by atoms with Crippen molar-refractivity contribution < 1.29 is 13.2 Å². The number of benzene rings is 1. The van der Waals surface area contributed by atoms with Gasteiger partial charge in [-0.1, -0.05) is 12.1 Å². The number of nitrogens with zero attached hydrogens (tertiary/aromatic N) is 1.